The summed E-state index contributed by atoms with van der Waals surface area (Å²) in [6.45, 7) is 8.75. The van der Waals surface area contributed by atoms with Gasteiger partial charge in [0.25, 0.3) is 5.91 Å². The van der Waals surface area contributed by atoms with Gasteiger partial charge in [-0.1, -0.05) is 15.9 Å². The van der Waals surface area contributed by atoms with Crippen molar-refractivity contribution < 1.29 is 13.2 Å². The van der Waals surface area contributed by atoms with E-state index in [4.69, 9.17) is 0 Å². The molecular formula is C19H25BrN4O3S. The Hall–Kier alpha value is -1.71. The maximum Gasteiger partial charge on any atom is 0.253 e. The van der Waals surface area contributed by atoms with Gasteiger partial charge in [0.1, 0.15) is 4.90 Å². The first-order chi connectivity index (χ1) is 13.1. The SMILES string of the molecule is Cc1nn(C(C)C)c(C)c1S(=O)(=O)N1CCN(C(=O)c2ccc(Br)cc2)CC1. The number of hydrogen-bond donors (Lipinski definition) is 0. The van der Waals surface area contributed by atoms with E-state index in [1.165, 1.54) is 4.31 Å². The second kappa shape index (κ2) is 7.96. The van der Waals surface area contributed by atoms with Crippen LogP contribution in [0.3, 0.4) is 0 Å². The highest BCUT2D eigenvalue weighted by Crippen LogP contribution is 2.26. The average molecular weight is 469 g/mol. The Kier molecular flexibility index (Phi) is 5.97. The van der Waals surface area contributed by atoms with Crippen LogP contribution in [-0.4, -0.2) is 59.5 Å². The monoisotopic (exact) mass is 468 g/mol. The van der Waals surface area contributed by atoms with Crippen LogP contribution in [0.25, 0.3) is 0 Å². The molecule has 1 aromatic carbocycles. The summed E-state index contributed by atoms with van der Waals surface area (Å²) in [7, 11) is -3.65. The molecule has 0 unspecified atom stereocenters. The number of sulfonamides is 1. The van der Waals surface area contributed by atoms with Crippen LogP contribution >= 0.6 is 15.9 Å². The van der Waals surface area contributed by atoms with E-state index in [0.717, 1.165) is 4.47 Å². The first-order valence-corrected chi connectivity index (χ1v) is 11.5. The summed E-state index contributed by atoms with van der Waals surface area (Å²) in [4.78, 5) is 14.6. The van der Waals surface area contributed by atoms with Crippen molar-refractivity contribution in [2.75, 3.05) is 26.2 Å². The zero-order valence-electron chi connectivity index (χ0n) is 16.5. The van der Waals surface area contributed by atoms with Gasteiger partial charge in [0.2, 0.25) is 10.0 Å². The van der Waals surface area contributed by atoms with Gasteiger partial charge in [-0.3, -0.25) is 9.48 Å². The van der Waals surface area contributed by atoms with Crippen LogP contribution in [0.15, 0.2) is 33.6 Å². The number of carbonyl (C=O) groups excluding carboxylic acids is 1. The maximum atomic E-state index is 13.2. The molecule has 7 nitrogen and oxygen atoms in total. The summed E-state index contributed by atoms with van der Waals surface area (Å²) in [5.74, 6) is -0.0791. The van der Waals surface area contributed by atoms with E-state index in [9.17, 15) is 13.2 Å². The van der Waals surface area contributed by atoms with Crippen molar-refractivity contribution in [3.63, 3.8) is 0 Å². The van der Waals surface area contributed by atoms with E-state index in [-0.39, 0.29) is 29.9 Å². The molecule has 1 aliphatic heterocycles. The molecule has 0 atom stereocenters. The molecule has 0 N–H and O–H groups in total. The van der Waals surface area contributed by atoms with Gasteiger partial charge in [-0.2, -0.15) is 9.40 Å². The molecule has 9 heteroatoms. The van der Waals surface area contributed by atoms with E-state index in [1.807, 2.05) is 26.0 Å². The first kappa shape index (κ1) is 21.0. The van der Waals surface area contributed by atoms with Gasteiger partial charge in [-0.15, -0.1) is 0 Å². The number of nitrogens with zero attached hydrogens (tertiary/aromatic N) is 4. The third kappa shape index (κ3) is 3.88. The highest BCUT2D eigenvalue weighted by Gasteiger charge is 2.34. The van der Waals surface area contributed by atoms with Gasteiger partial charge in [0, 0.05) is 42.3 Å². The van der Waals surface area contributed by atoms with Crippen LogP contribution in [0.2, 0.25) is 0 Å². The number of halogens is 1. The predicted octanol–water partition coefficient (Wildman–Crippen LogP) is 2.99. The third-order valence-electron chi connectivity index (χ3n) is 4.96. The fourth-order valence-corrected chi connectivity index (χ4v) is 5.61. The number of rotatable bonds is 4. The molecular weight excluding hydrogens is 444 g/mol. The molecule has 2 heterocycles. The van der Waals surface area contributed by atoms with Gasteiger partial charge in [0.15, 0.2) is 0 Å². The van der Waals surface area contributed by atoms with Crippen molar-refractivity contribution in [2.45, 2.75) is 38.6 Å². The normalized spacial score (nSPS) is 16.0. The Morgan fingerprint density at radius 2 is 1.64 bits per heavy atom. The van der Waals surface area contributed by atoms with Crippen LogP contribution in [0.4, 0.5) is 0 Å². The molecule has 2 aromatic rings. The van der Waals surface area contributed by atoms with E-state index < -0.39 is 10.0 Å². The van der Waals surface area contributed by atoms with Crippen molar-refractivity contribution in [3.8, 4) is 0 Å². The highest BCUT2D eigenvalue weighted by atomic mass is 79.9. The number of carbonyl (C=O) groups is 1. The maximum absolute atomic E-state index is 13.2. The minimum Gasteiger partial charge on any atom is -0.336 e. The molecule has 0 bridgehead atoms. The first-order valence-electron chi connectivity index (χ1n) is 9.23. The summed E-state index contributed by atoms with van der Waals surface area (Å²) >= 11 is 3.36. The number of amides is 1. The van der Waals surface area contributed by atoms with Crippen molar-refractivity contribution in [3.05, 3.63) is 45.7 Å². The van der Waals surface area contributed by atoms with Gasteiger partial charge < -0.3 is 4.90 Å². The lowest BCUT2D eigenvalue weighted by atomic mass is 10.2. The standard InChI is InChI=1S/C19H25BrN4O3S/c1-13(2)24-15(4)18(14(3)21-24)28(26,27)23-11-9-22(10-12-23)19(25)16-5-7-17(20)8-6-16/h5-8,13H,9-12H2,1-4H3. The smallest absolute Gasteiger partial charge is 0.253 e. The quantitative estimate of drug-likeness (QED) is 0.690. The van der Waals surface area contributed by atoms with Gasteiger partial charge in [-0.05, 0) is 52.0 Å². The summed E-state index contributed by atoms with van der Waals surface area (Å²) in [5.41, 5.74) is 1.77. The minimum atomic E-state index is -3.65. The van der Waals surface area contributed by atoms with Crippen LogP contribution in [0, 0.1) is 13.8 Å². The van der Waals surface area contributed by atoms with Crippen LogP contribution in [-0.2, 0) is 10.0 Å². The van der Waals surface area contributed by atoms with E-state index in [1.54, 1.807) is 35.6 Å². The van der Waals surface area contributed by atoms with Crippen molar-refractivity contribution >= 4 is 31.9 Å². The zero-order valence-corrected chi connectivity index (χ0v) is 18.9. The molecule has 1 fully saturated rings. The lowest BCUT2D eigenvalue weighted by Gasteiger charge is -2.34. The minimum absolute atomic E-state index is 0.0791. The van der Waals surface area contributed by atoms with Crippen LogP contribution < -0.4 is 0 Å². The van der Waals surface area contributed by atoms with Gasteiger partial charge >= 0.3 is 0 Å². The topological polar surface area (TPSA) is 75.5 Å². The lowest BCUT2D eigenvalue weighted by Crippen LogP contribution is -2.50. The molecule has 3 rings (SSSR count). The molecule has 1 amide bonds. The molecule has 1 aliphatic rings. The summed E-state index contributed by atoms with van der Waals surface area (Å²) in [5, 5.41) is 4.40. The fourth-order valence-electron chi connectivity index (χ4n) is 3.56. The Labute approximate surface area is 174 Å². The van der Waals surface area contributed by atoms with E-state index in [2.05, 4.69) is 21.0 Å². The Bertz CT molecular complexity index is 975. The molecule has 1 aromatic heterocycles. The summed E-state index contributed by atoms with van der Waals surface area (Å²) in [6.07, 6.45) is 0. The number of hydrogen-bond acceptors (Lipinski definition) is 4. The molecule has 0 spiro atoms. The van der Waals surface area contributed by atoms with Gasteiger partial charge in [-0.25, -0.2) is 8.42 Å². The number of piperazine rings is 1. The molecule has 0 saturated carbocycles. The second-order valence-electron chi connectivity index (χ2n) is 7.24. The van der Waals surface area contributed by atoms with Crippen molar-refractivity contribution in [1.82, 2.24) is 19.0 Å². The highest BCUT2D eigenvalue weighted by molar-refractivity contribution is 9.10. The molecule has 152 valence electrons. The van der Waals surface area contributed by atoms with E-state index in [0.29, 0.717) is 30.0 Å². The van der Waals surface area contributed by atoms with Crippen LogP contribution in [0.5, 0.6) is 0 Å². The van der Waals surface area contributed by atoms with Gasteiger partial charge in [0.05, 0.1) is 11.4 Å². The van der Waals surface area contributed by atoms with E-state index >= 15 is 0 Å². The molecule has 1 saturated heterocycles. The zero-order chi connectivity index (χ0) is 20.6. The van der Waals surface area contributed by atoms with Crippen LogP contribution in [0.1, 0.15) is 41.6 Å². The molecule has 0 aliphatic carbocycles. The largest absolute Gasteiger partial charge is 0.336 e. The third-order valence-corrected chi connectivity index (χ3v) is 7.64. The predicted molar refractivity (Wildman–Crippen MR) is 111 cm³/mol. The summed E-state index contributed by atoms with van der Waals surface area (Å²) < 4.78 is 30.5. The average Bonchev–Trinajstić information content (AvgIpc) is 2.97. The fraction of sp³-hybridized carbons (Fsp3) is 0.474. The number of benzene rings is 1. The number of aromatic nitrogens is 2. The molecule has 0 radical (unpaired) electrons. The van der Waals surface area contributed by atoms with Crippen molar-refractivity contribution in [1.29, 1.82) is 0 Å². The Morgan fingerprint density at radius 1 is 1.07 bits per heavy atom. The number of aryl methyl sites for hydroxylation is 1. The Morgan fingerprint density at radius 3 is 2.14 bits per heavy atom. The van der Waals surface area contributed by atoms with Crippen molar-refractivity contribution in [2.24, 2.45) is 0 Å². The lowest BCUT2D eigenvalue weighted by molar-refractivity contribution is 0.0698. The Balaban J connectivity index is 1.76. The second-order valence-corrected chi connectivity index (χ2v) is 10.0. The molecule has 28 heavy (non-hydrogen) atoms. The summed E-state index contributed by atoms with van der Waals surface area (Å²) in [6, 6.07) is 7.27.